The van der Waals surface area contributed by atoms with E-state index >= 15 is 0 Å². The van der Waals surface area contributed by atoms with Crippen molar-refractivity contribution in [3.8, 4) is 0 Å². The zero-order valence-electron chi connectivity index (χ0n) is 8.90. The molecule has 1 amide bonds. The second-order valence-corrected chi connectivity index (χ2v) is 3.75. The van der Waals surface area contributed by atoms with Crippen LogP contribution in [0.3, 0.4) is 0 Å². The standard InChI is InChI=1S/C10H9ClN4O2/c1-5-14-15-10(17-5)13-9(16)7-4-6(11)2-3-8(7)12/h2-4H,12H2,1H3,(H,13,15,16). The van der Waals surface area contributed by atoms with E-state index in [0.717, 1.165) is 0 Å². The summed E-state index contributed by atoms with van der Waals surface area (Å²) in [6.45, 7) is 1.62. The number of nitrogens with zero attached hydrogens (tertiary/aromatic N) is 2. The third kappa shape index (κ3) is 2.54. The number of rotatable bonds is 2. The van der Waals surface area contributed by atoms with Gasteiger partial charge in [-0.15, -0.1) is 5.10 Å². The molecule has 0 bridgehead atoms. The zero-order chi connectivity index (χ0) is 12.4. The Bertz CT molecular complexity index is 567. The fraction of sp³-hybridized carbons (Fsp3) is 0.100. The minimum absolute atomic E-state index is 0.0203. The van der Waals surface area contributed by atoms with E-state index in [2.05, 4.69) is 15.5 Å². The van der Waals surface area contributed by atoms with Gasteiger partial charge < -0.3 is 10.2 Å². The van der Waals surface area contributed by atoms with Crippen molar-refractivity contribution >= 4 is 29.2 Å². The lowest BCUT2D eigenvalue weighted by Crippen LogP contribution is -2.14. The molecule has 3 N–H and O–H groups in total. The maximum absolute atomic E-state index is 11.8. The molecular formula is C10H9ClN4O2. The van der Waals surface area contributed by atoms with Crippen LogP contribution >= 0.6 is 11.6 Å². The molecule has 0 radical (unpaired) electrons. The van der Waals surface area contributed by atoms with Crippen LogP contribution in [-0.2, 0) is 0 Å². The van der Waals surface area contributed by atoms with Crippen LogP contribution in [0, 0.1) is 6.92 Å². The van der Waals surface area contributed by atoms with Gasteiger partial charge in [-0.05, 0) is 18.2 Å². The molecule has 1 heterocycles. The third-order valence-corrected chi connectivity index (χ3v) is 2.24. The Labute approximate surface area is 102 Å². The molecular weight excluding hydrogens is 244 g/mol. The molecule has 0 spiro atoms. The van der Waals surface area contributed by atoms with E-state index in [4.69, 9.17) is 21.8 Å². The Morgan fingerprint density at radius 1 is 1.47 bits per heavy atom. The Morgan fingerprint density at radius 3 is 2.88 bits per heavy atom. The summed E-state index contributed by atoms with van der Waals surface area (Å²) in [5.74, 6) is -0.0898. The Hall–Kier alpha value is -2.08. The van der Waals surface area contributed by atoms with E-state index in [0.29, 0.717) is 16.6 Å². The van der Waals surface area contributed by atoms with E-state index in [1.165, 1.54) is 6.07 Å². The van der Waals surface area contributed by atoms with E-state index in [1.54, 1.807) is 19.1 Å². The molecule has 7 heteroatoms. The highest BCUT2D eigenvalue weighted by atomic mass is 35.5. The number of nitrogen functional groups attached to an aromatic ring is 1. The molecule has 0 aliphatic carbocycles. The molecule has 88 valence electrons. The van der Waals surface area contributed by atoms with E-state index in [9.17, 15) is 4.79 Å². The first kappa shape index (κ1) is 11.4. The van der Waals surface area contributed by atoms with Crippen LogP contribution in [-0.4, -0.2) is 16.1 Å². The van der Waals surface area contributed by atoms with E-state index in [1.807, 2.05) is 0 Å². The number of nitrogens with one attached hydrogen (secondary N) is 1. The molecule has 0 unspecified atom stereocenters. The first-order valence-electron chi connectivity index (χ1n) is 4.73. The van der Waals surface area contributed by atoms with Crippen LogP contribution in [0.15, 0.2) is 22.6 Å². The molecule has 2 rings (SSSR count). The summed E-state index contributed by atoms with van der Waals surface area (Å²) in [4.78, 5) is 11.8. The summed E-state index contributed by atoms with van der Waals surface area (Å²) in [5, 5.41) is 10.1. The predicted molar refractivity (Wildman–Crippen MR) is 62.9 cm³/mol. The summed E-state index contributed by atoms with van der Waals surface area (Å²) in [6, 6.07) is 4.64. The highest BCUT2D eigenvalue weighted by Gasteiger charge is 2.13. The van der Waals surface area contributed by atoms with Crippen molar-refractivity contribution in [1.82, 2.24) is 10.2 Å². The van der Waals surface area contributed by atoms with E-state index < -0.39 is 5.91 Å². The molecule has 1 aromatic heterocycles. The molecule has 1 aromatic carbocycles. The Balaban J connectivity index is 2.22. The number of anilines is 2. The highest BCUT2D eigenvalue weighted by molar-refractivity contribution is 6.31. The van der Waals surface area contributed by atoms with Crippen LogP contribution in [0.1, 0.15) is 16.2 Å². The SMILES string of the molecule is Cc1nnc(NC(=O)c2cc(Cl)ccc2N)o1. The second-order valence-electron chi connectivity index (χ2n) is 3.31. The summed E-state index contributed by atoms with van der Waals surface area (Å²) >= 11 is 5.78. The molecule has 0 saturated heterocycles. The average molecular weight is 253 g/mol. The van der Waals surface area contributed by atoms with Gasteiger partial charge in [0.1, 0.15) is 0 Å². The molecule has 2 aromatic rings. The molecule has 6 nitrogen and oxygen atoms in total. The zero-order valence-corrected chi connectivity index (χ0v) is 9.65. The topological polar surface area (TPSA) is 94.0 Å². The first-order valence-corrected chi connectivity index (χ1v) is 5.10. The molecule has 0 aliphatic heterocycles. The van der Waals surface area contributed by atoms with Gasteiger partial charge in [0.05, 0.1) is 5.56 Å². The number of carbonyl (C=O) groups is 1. The number of hydrogen-bond acceptors (Lipinski definition) is 5. The van der Waals surface area contributed by atoms with Gasteiger partial charge in [-0.2, -0.15) is 0 Å². The smallest absolute Gasteiger partial charge is 0.322 e. The molecule has 0 fully saturated rings. The van der Waals surface area contributed by atoms with Crippen molar-refractivity contribution in [2.24, 2.45) is 0 Å². The number of benzene rings is 1. The number of aromatic nitrogens is 2. The fourth-order valence-corrected chi connectivity index (χ4v) is 1.41. The third-order valence-electron chi connectivity index (χ3n) is 2.01. The summed E-state index contributed by atoms with van der Waals surface area (Å²) in [5.41, 5.74) is 6.24. The largest absolute Gasteiger partial charge is 0.408 e. The number of amides is 1. The first-order chi connectivity index (χ1) is 8.06. The maximum atomic E-state index is 11.8. The molecule has 0 saturated carbocycles. The predicted octanol–water partition coefficient (Wildman–Crippen LogP) is 1.87. The van der Waals surface area contributed by atoms with Crippen molar-refractivity contribution in [2.45, 2.75) is 6.92 Å². The molecule has 0 atom stereocenters. The van der Waals surface area contributed by atoms with Crippen LogP contribution in [0.25, 0.3) is 0 Å². The Morgan fingerprint density at radius 2 is 2.24 bits per heavy atom. The minimum Gasteiger partial charge on any atom is -0.408 e. The number of halogens is 1. The van der Waals surface area contributed by atoms with E-state index in [-0.39, 0.29) is 11.6 Å². The van der Waals surface area contributed by atoms with Gasteiger partial charge >= 0.3 is 6.01 Å². The summed E-state index contributed by atoms with van der Waals surface area (Å²) in [7, 11) is 0. The lowest BCUT2D eigenvalue weighted by atomic mass is 10.1. The fourth-order valence-electron chi connectivity index (χ4n) is 1.24. The van der Waals surface area contributed by atoms with Gasteiger partial charge in [-0.1, -0.05) is 16.7 Å². The van der Waals surface area contributed by atoms with Crippen molar-refractivity contribution in [2.75, 3.05) is 11.1 Å². The lowest BCUT2D eigenvalue weighted by molar-refractivity contribution is 0.102. The highest BCUT2D eigenvalue weighted by Crippen LogP contribution is 2.19. The van der Waals surface area contributed by atoms with Crippen molar-refractivity contribution in [3.05, 3.63) is 34.7 Å². The van der Waals surface area contributed by atoms with Crippen LogP contribution in [0.4, 0.5) is 11.7 Å². The van der Waals surface area contributed by atoms with Crippen LogP contribution < -0.4 is 11.1 Å². The minimum atomic E-state index is -0.450. The number of aryl methyl sites for hydroxylation is 1. The maximum Gasteiger partial charge on any atom is 0.322 e. The van der Waals surface area contributed by atoms with Gasteiger partial charge in [0, 0.05) is 17.6 Å². The second kappa shape index (κ2) is 4.42. The number of nitrogens with two attached hydrogens (primary N) is 1. The van der Waals surface area contributed by atoms with Gasteiger partial charge in [0.25, 0.3) is 5.91 Å². The number of carbonyl (C=O) groups excluding carboxylic acids is 1. The lowest BCUT2D eigenvalue weighted by Gasteiger charge is -2.04. The quantitative estimate of drug-likeness (QED) is 0.796. The Kier molecular flexibility index (Phi) is 2.97. The normalized spacial score (nSPS) is 10.2. The number of hydrogen-bond donors (Lipinski definition) is 2. The van der Waals surface area contributed by atoms with Crippen molar-refractivity contribution in [3.63, 3.8) is 0 Å². The van der Waals surface area contributed by atoms with Gasteiger partial charge in [-0.3, -0.25) is 10.1 Å². The summed E-state index contributed by atoms with van der Waals surface area (Å²) in [6.07, 6.45) is 0. The average Bonchev–Trinajstić information content (AvgIpc) is 2.67. The van der Waals surface area contributed by atoms with Crippen LogP contribution in [0.2, 0.25) is 5.02 Å². The van der Waals surface area contributed by atoms with Crippen LogP contribution in [0.5, 0.6) is 0 Å². The van der Waals surface area contributed by atoms with Crippen molar-refractivity contribution < 1.29 is 9.21 Å². The van der Waals surface area contributed by atoms with Gasteiger partial charge in [0.15, 0.2) is 0 Å². The monoisotopic (exact) mass is 252 g/mol. The summed E-state index contributed by atoms with van der Waals surface area (Å²) < 4.78 is 5.02. The van der Waals surface area contributed by atoms with Gasteiger partial charge in [0.2, 0.25) is 5.89 Å². The van der Waals surface area contributed by atoms with Gasteiger partial charge in [-0.25, -0.2) is 0 Å². The molecule has 17 heavy (non-hydrogen) atoms. The molecule has 0 aliphatic rings. The van der Waals surface area contributed by atoms with Crippen molar-refractivity contribution in [1.29, 1.82) is 0 Å².